The summed E-state index contributed by atoms with van der Waals surface area (Å²) in [5.74, 6) is 1.00. The van der Waals surface area contributed by atoms with Crippen molar-refractivity contribution in [3.8, 4) is 11.5 Å². The largest absolute Gasteiger partial charge is 0.393 e. The molecule has 1 aromatic heterocycles. The highest BCUT2D eigenvalue weighted by Crippen LogP contribution is 2.21. The Morgan fingerprint density at radius 1 is 1.36 bits per heavy atom. The zero-order chi connectivity index (χ0) is 17.8. The first-order valence-electron chi connectivity index (χ1n) is 8.67. The van der Waals surface area contributed by atoms with Crippen LogP contribution in [0.1, 0.15) is 38.6 Å². The Bertz CT molecular complexity index is 701. The number of hydrogen-bond acceptors (Lipinski definition) is 5. The number of aliphatic hydroxyl groups is 1. The minimum Gasteiger partial charge on any atom is -0.393 e. The number of piperidine rings is 1. The molecular weight excluding hydrogens is 320 g/mol. The highest BCUT2D eigenvalue weighted by molar-refractivity contribution is 5.74. The lowest BCUT2D eigenvalue weighted by atomic mass is 9.94. The second kappa shape index (κ2) is 7.65. The molecule has 0 radical (unpaired) electrons. The van der Waals surface area contributed by atoms with E-state index in [1.165, 1.54) is 0 Å². The summed E-state index contributed by atoms with van der Waals surface area (Å²) >= 11 is 0. The number of amides is 2. The van der Waals surface area contributed by atoms with Gasteiger partial charge < -0.3 is 19.8 Å². The number of carbonyl (C=O) groups excluding carboxylic acids is 1. The zero-order valence-corrected chi connectivity index (χ0v) is 14.6. The molecule has 2 amide bonds. The molecular formula is C18H24N4O3. The van der Waals surface area contributed by atoms with Gasteiger partial charge in [-0.15, -0.1) is 0 Å². The molecule has 2 aromatic rings. The van der Waals surface area contributed by atoms with Gasteiger partial charge in [0.2, 0.25) is 0 Å². The molecule has 1 aliphatic rings. The first-order chi connectivity index (χ1) is 12.0. The Morgan fingerprint density at radius 3 is 2.84 bits per heavy atom. The van der Waals surface area contributed by atoms with Crippen LogP contribution in [-0.4, -0.2) is 45.4 Å². The van der Waals surface area contributed by atoms with Gasteiger partial charge in [0.05, 0.1) is 12.1 Å². The molecule has 7 heteroatoms. The van der Waals surface area contributed by atoms with Gasteiger partial charge in [0, 0.05) is 24.6 Å². The van der Waals surface area contributed by atoms with Gasteiger partial charge >= 0.3 is 6.03 Å². The third-order valence-corrected chi connectivity index (χ3v) is 4.62. The number of carbonyl (C=O) groups is 1. The summed E-state index contributed by atoms with van der Waals surface area (Å²) in [7, 11) is 0. The van der Waals surface area contributed by atoms with Crippen molar-refractivity contribution < 1.29 is 14.4 Å². The Morgan fingerprint density at radius 2 is 2.12 bits per heavy atom. The van der Waals surface area contributed by atoms with E-state index in [2.05, 4.69) is 15.5 Å². The van der Waals surface area contributed by atoms with Gasteiger partial charge in [-0.05, 0) is 38.8 Å². The van der Waals surface area contributed by atoms with Crippen LogP contribution in [0.4, 0.5) is 4.79 Å². The third-order valence-electron chi connectivity index (χ3n) is 4.62. The van der Waals surface area contributed by atoms with E-state index in [1.54, 1.807) is 11.8 Å². The van der Waals surface area contributed by atoms with Crippen molar-refractivity contribution in [1.29, 1.82) is 0 Å². The van der Waals surface area contributed by atoms with E-state index in [0.29, 0.717) is 24.8 Å². The molecule has 1 aromatic carbocycles. The van der Waals surface area contributed by atoms with Gasteiger partial charge in [-0.1, -0.05) is 23.4 Å². The molecule has 1 aliphatic heterocycles. The molecule has 3 atom stereocenters. The van der Waals surface area contributed by atoms with Crippen molar-refractivity contribution in [3.63, 3.8) is 0 Å². The minimum atomic E-state index is -0.404. The average molecular weight is 344 g/mol. The number of rotatable bonds is 4. The number of aromatic nitrogens is 2. The number of benzene rings is 1. The smallest absolute Gasteiger partial charge is 0.317 e. The lowest BCUT2D eigenvalue weighted by Crippen LogP contribution is -2.48. The first-order valence-corrected chi connectivity index (χ1v) is 8.67. The van der Waals surface area contributed by atoms with Gasteiger partial charge in [-0.3, -0.25) is 0 Å². The van der Waals surface area contributed by atoms with E-state index in [9.17, 15) is 9.90 Å². The van der Waals surface area contributed by atoms with E-state index < -0.39 is 6.10 Å². The molecule has 1 saturated heterocycles. The van der Waals surface area contributed by atoms with Gasteiger partial charge in [-0.25, -0.2) is 4.79 Å². The highest BCUT2D eigenvalue weighted by atomic mass is 16.5. The predicted molar refractivity (Wildman–Crippen MR) is 92.7 cm³/mol. The van der Waals surface area contributed by atoms with E-state index in [1.807, 2.05) is 37.3 Å². The van der Waals surface area contributed by atoms with Crippen molar-refractivity contribution in [2.24, 2.45) is 5.92 Å². The summed E-state index contributed by atoms with van der Waals surface area (Å²) in [4.78, 5) is 18.6. The third kappa shape index (κ3) is 4.17. The summed E-state index contributed by atoms with van der Waals surface area (Å²) < 4.78 is 5.29. The first kappa shape index (κ1) is 17.4. The lowest BCUT2D eigenvalue weighted by molar-refractivity contribution is 0.0733. The van der Waals surface area contributed by atoms with Crippen LogP contribution in [0, 0.1) is 5.92 Å². The Balaban J connectivity index is 1.61. The second-order valence-corrected chi connectivity index (χ2v) is 6.58. The summed E-state index contributed by atoms with van der Waals surface area (Å²) in [5, 5.41) is 16.6. The number of urea groups is 1. The number of aliphatic hydroxyl groups excluding tert-OH is 1. The molecule has 0 aliphatic carbocycles. The fourth-order valence-electron chi connectivity index (χ4n) is 3.04. The molecule has 7 nitrogen and oxygen atoms in total. The highest BCUT2D eigenvalue weighted by Gasteiger charge is 2.27. The molecule has 3 rings (SSSR count). The fourth-order valence-corrected chi connectivity index (χ4v) is 3.04. The summed E-state index contributed by atoms with van der Waals surface area (Å²) in [6.07, 6.45) is 1.44. The SMILES string of the molecule is CC(NC(=O)N1CCCC(C(C)O)C1)c1noc(-c2ccccc2)n1. The molecule has 2 heterocycles. The number of hydrogen-bond donors (Lipinski definition) is 2. The molecule has 134 valence electrons. The predicted octanol–water partition coefficient (Wildman–Crippen LogP) is 2.60. The number of likely N-dealkylation sites (tertiary alicyclic amines) is 1. The second-order valence-electron chi connectivity index (χ2n) is 6.58. The van der Waals surface area contributed by atoms with Crippen LogP contribution in [0.2, 0.25) is 0 Å². The minimum absolute atomic E-state index is 0.129. The normalized spacial score (nSPS) is 20.1. The topological polar surface area (TPSA) is 91.5 Å². The lowest BCUT2D eigenvalue weighted by Gasteiger charge is -2.34. The summed E-state index contributed by atoms with van der Waals surface area (Å²) in [5.41, 5.74) is 0.843. The van der Waals surface area contributed by atoms with Crippen LogP contribution in [0.15, 0.2) is 34.9 Å². The number of nitrogens with one attached hydrogen (secondary N) is 1. The van der Waals surface area contributed by atoms with Crippen molar-refractivity contribution in [2.75, 3.05) is 13.1 Å². The fraction of sp³-hybridized carbons (Fsp3) is 0.500. The quantitative estimate of drug-likeness (QED) is 0.889. The molecule has 3 unspecified atom stereocenters. The van der Waals surface area contributed by atoms with Crippen LogP contribution in [-0.2, 0) is 0 Å². The maximum atomic E-state index is 12.5. The Labute approximate surface area is 147 Å². The molecule has 25 heavy (non-hydrogen) atoms. The Kier molecular flexibility index (Phi) is 5.33. The molecule has 0 bridgehead atoms. The molecule has 2 N–H and O–H groups in total. The van der Waals surface area contributed by atoms with E-state index in [0.717, 1.165) is 18.4 Å². The summed E-state index contributed by atoms with van der Waals surface area (Å²) in [6, 6.07) is 8.99. The van der Waals surface area contributed by atoms with Crippen LogP contribution in [0.25, 0.3) is 11.5 Å². The van der Waals surface area contributed by atoms with Gasteiger partial charge in [0.15, 0.2) is 5.82 Å². The van der Waals surface area contributed by atoms with Crippen LogP contribution in [0.3, 0.4) is 0 Å². The van der Waals surface area contributed by atoms with E-state index in [4.69, 9.17) is 4.52 Å². The van der Waals surface area contributed by atoms with Gasteiger partial charge in [0.1, 0.15) is 0 Å². The van der Waals surface area contributed by atoms with Crippen LogP contribution in [0.5, 0.6) is 0 Å². The monoisotopic (exact) mass is 344 g/mol. The molecule has 0 saturated carbocycles. The molecule has 0 spiro atoms. The standard InChI is InChI=1S/C18H24N4O3/c1-12(16-20-17(25-21-16)14-7-4-3-5-8-14)19-18(24)22-10-6-9-15(11-22)13(2)23/h3-5,7-8,12-13,15,23H,6,9-11H2,1-2H3,(H,19,24). The van der Waals surface area contributed by atoms with E-state index >= 15 is 0 Å². The zero-order valence-electron chi connectivity index (χ0n) is 14.6. The van der Waals surface area contributed by atoms with Crippen molar-refractivity contribution in [1.82, 2.24) is 20.4 Å². The summed E-state index contributed by atoms with van der Waals surface area (Å²) in [6.45, 7) is 4.87. The van der Waals surface area contributed by atoms with Gasteiger partial charge in [-0.2, -0.15) is 4.98 Å². The maximum absolute atomic E-state index is 12.5. The maximum Gasteiger partial charge on any atom is 0.317 e. The van der Waals surface area contributed by atoms with Crippen molar-refractivity contribution in [2.45, 2.75) is 38.8 Å². The van der Waals surface area contributed by atoms with Crippen LogP contribution >= 0.6 is 0 Å². The molecule has 1 fully saturated rings. The van der Waals surface area contributed by atoms with Gasteiger partial charge in [0.25, 0.3) is 5.89 Å². The Hall–Kier alpha value is -2.41. The van der Waals surface area contributed by atoms with E-state index in [-0.39, 0.29) is 18.0 Å². The average Bonchev–Trinajstić information content (AvgIpc) is 3.13. The van der Waals surface area contributed by atoms with Crippen molar-refractivity contribution in [3.05, 3.63) is 36.2 Å². The van der Waals surface area contributed by atoms with Crippen LogP contribution < -0.4 is 5.32 Å². The number of nitrogens with zero attached hydrogens (tertiary/aromatic N) is 3. The van der Waals surface area contributed by atoms with Crippen molar-refractivity contribution >= 4 is 6.03 Å².